The number of hydrogen-bond donors (Lipinski definition) is 1. The second-order valence-electron chi connectivity index (χ2n) is 5.20. The number of carbonyl (C=O) groups is 3. The summed E-state index contributed by atoms with van der Waals surface area (Å²) in [6, 6.07) is 0. The Morgan fingerprint density at radius 1 is 1.44 bits per heavy atom. The SMILES string of the molecule is CC(CCOC(=O)OCC(Cl)(Cl)Cl)S[C@@H]1C(=O)N2C(C(=O)O)=CO[C@H]12. The van der Waals surface area contributed by atoms with Crippen LogP contribution in [0.25, 0.3) is 0 Å². The highest BCUT2D eigenvalue weighted by Crippen LogP contribution is 2.40. The Labute approximate surface area is 162 Å². The Bertz CT molecular complexity index is 595. The number of carboxylic acid groups (broad SMARTS) is 1. The van der Waals surface area contributed by atoms with Crippen molar-refractivity contribution in [2.45, 2.75) is 33.9 Å². The molecule has 0 spiro atoms. The van der Waals surface area contributed by atoms with E-state index in [4.69, 9.17) is 49.4 Å². The van der Waals surface area contributed by atoms with E-state index in [9.17, 15) is 14.4 Å². The van der Waals surface area contributed by atoms with Crippen molar-refractivity contribution in [1.29, 1.82) is 0 Å². The van der Waals surface area contributed by atoms with Crippen LogP contribution < -0.4 is 0 Å². The number of ether oxygens (including phenoxy) is 3. The molecule has 0 aromatic rings. The van der Waals surface area contributed by atoms with Crippen molar-refractivity contribution >= 4 is 64.6 Å². The molecule has 1 amide bonds. The van der Waals surface area contributed by atoms with E-state index in [1.54, 1.807) is 0 Å². The van der Waals surface area contributed by atoms with Crippen LogP contribution in [0.15, 0.2) is 12.0 Å². The first-order valence-corrected chi connectivity index (χ1v) is 9.11. The zero-order valence-corrected chi connectivity index (χ0v) is 15.9. The Morgan fingerprint density at radius 2 is 2.12 bits per heavy atom. The highest BCUT2D eigenvalue weighted by Gasteiger charge is 2.55. The molecule has 25 heavy (non-hydrogen) atoms. The molecule has 0 radical (unpaired) electrons. The lowest BCUT2D eigenvalue weighted by molar-refractivity contribution is -0.155. The summed E-state index contributed by atoms with van der Waals surface area (Å²) in [5, 5.41) is 8.40. The van der Waals surface area contributed by atoms with Crippen LogP contribution in [0.1, 0.15) is 13.3 Å². The average Bonchev–Trinajstić information content (AvgIpc) is 2.90. The number of nitrogens with zero attached hydrogens (tertiary/aromatic N) is 1. The number of aliphatic carboxylic acids is 1. The Kier molecular flexibility index (Phi) is 6.58. The molecule has 0 saturated carbocycles. The van der Waals surface area contributed by atoms with Gasteiger partial charge in [-0.1, -0.05) is 41.7 Å². The highest BCUT2D eigenvalue weighted by molar-refractivity contribution is 8.01. The first-order chi connectivity index (χ1) is 11.6. The minimum atomic E-state index is -1.71. The lowest BCUT2D eigenvalue weighted by Gasteiger charge is -2.41. The summed E-state index contributed by atoms with van der Waals surface area (Å²) < 4.78 is 13.0. The van der Waals surface area contributed by atoms with Gasteiger partial charge in [0.25, 0.3) is 0 Å². The molecule has 0 bridgehead atoms. The number of carbonyl (C=O) groups excluding carboxylic acids is 2. The Balaban J connectivity index is 1.67. The molecule has 3 atom stereocenters. The summed E-state index contributed by atoms with van der Waals surface area (Å²) in [5.74, 6) is -1.54. The number of thioether (sulfide) groups is 1. The van der Waals surface area contributed by atoms with E-state index in [-0.39, 0.29) is 23.5 Å². The fourth-order valence-corrected chi connectivity index (χ4v) is 3.55. The molecule has 1 fully saturated rings. The van der Waals surface area contributed by atoms with Crippen LogP contribution >= 0.6 is 46.6 Å². The maximum absolute atomic E-state index is 12.0. The third-order valence-corrected chi connectivity index (χ3v) is 5.02. The number of hydrogen-bond acceptors (Lipinski definition) is 7. The van der Waals surface area contributed by atoms with Crippen LogP contribution in [0.4, 0.5) is 4.79 Å². The van der Waals surface area contributed by atoms with E-state index in [0.29, 0.717) is 6.42 Å². The standard InChI is InChI=1S/C13H14Cl3NO7S/c1-6(2-3-22-12(21)24-5-13(14,15)16)25-8-9(18)17-7(11(19)20)4-23-10(8)17/h4,6,8,10H,2-3,5H2,1H3,(H,19,20)/t6?,8-,10-/m1/s1. The van der Waals surface area contributed by atoms with Crippen molar-refractivity contribution in [1.82, 2.24) is 4.90 Å². The highest BCUT2D eigenvalue weighted by atomic mass is 35.6. The molecule has 1 saturated heterocycles. The van der Waals surface area contributed by atoms with Gasteiger partial charge in [0.1, 0.15) is 18.1 Å². The second kappa shape index (κ2) is 8.11. The van der Waals surface area contributed by atoms with Crippen molar-refractivity contribution in [3.63, 3.8) is 0 Å². The van der Waals surface area contributed by atoms with E-state index in [2.05, 4.69) is 4.74 Å². The predicted molar refractivity (Wildman–Crippen MR) is 90.5 cm³/mol. The number of β-lactam (4-membered cyclic amide) rings is 1. The van der Waals surface area contributed by atoms with Crippen molar-refractivity contribution in [2.24, 2.45) is 0 Å². The minimum Gasteiger partial charge on any atom is -0.476 e. The molecule has 0 aromatic carbocycles. The first-order valence-electron chi connectivity index (χ1n) is 7.04. The summed E-state index contributed by atoms with van der Waals surface area (Å²) in [6.07, 6.45) is -0.0477. The number of carboxylic acids is 1. The van der Waals surface area contributed by atoms with E-state index >= 15 is 0 Å². The fraction of sp³-hybridized carbons (Fsp3) is 0.615. The molecule has 0 aromatic heterocycles. The van der Waals surface area contributed by atoms with Crippen molar-refractivity contribution in [3.8, 4) is 0 Å². The van der Waals surface area contributed by atoms with Crippen molar-refractivity contribution in [3.05, 3.63) is 12.0 Å². The summed E-state index contributed by atoms with van der Waals surface area (Å²) >= 11 is 17.6. The van der Waals surface area contributed by atoms with Gasteiger partial charge in [-0.25, -0.2) is 9.59 Å². The van der Waals surface area contributed by atoms with Crippen LogP contribution in [-0.4, -0.2) is 61.8 Å². The smallest absolute Gasteiger partial charge is 0.476 e. The number of amides is 1. The fourth-order valence-electron chi connectivity index (χ4n) is 2.10. The topological polar surface area (TPSA) is 102 Å². The first kappa shape index (κ1) is 20.3. The van der Waals surface area contributed by atoms with Crippen molar-refractivity contribution in [2.75, 3.05) is 13.2 Å². The molecule has 12 heteroatoms. The van der Waals surface area contributed by atoms with E-state index < -0.39 is 34.0 Å². The quantitative estimate of drug-likeness (QED) is 0.370. The summed E-state index contributed by atoms with van der Waals surface area (Å²) in [5.41, 5.74) is -0.167. The lowest BCUT2D eigenvalue weighted by Crippen LogP contribution is -2.61. The van der Waals surface area contributed by atoms with E-state index in [1.807, 2.05) is 6.92 Å². The van der Waals surface area contributed by atoms with Gasteiger partial charge < -0.3 is 19.3 Å². The molecule has 1 N–H and O–H groups in total. The van der Waals surface area contributed by atoms with Gasteiger partial charge in [-0.05, 0) is 6.42 Å². The van der Waals surface area contributed by atoms with Crippen LogP contribution in [0.5, 0.6) is 0 Å². The van der Waals surface area contributed by atoms with Gasteiger partial charge in [0, 0.05) is 5.25 Å². The molecular weight excluding hydrogens is 421 g/mol. The molecule has 2 aliphatic rings. The second-order valence-corrected chi connectivity index (χ2v) is 9.30. The maximum atomic E-state index is 12.0. The molecule has 8 nitrogen and oxygen atoms in total. The number of fused-ring (bicyclic) bond motifs is 1. The van der Waals surface area contributed by atoms with Crippen LogP contribution in [0, 0.1) is 0 Å². The Morgan fingerprint density at radius 3 is 2.72 bits per heavy atom. The lowest BCUT2D eigenvalue weighted by atomic mass is 10.1. The molecule has 0 aliphatic carbocycles. The summed E-state index contributed by atoms with van der Waals surface area (Å²) in [4.78, 5) is 35.4. The van der Waals surface area contributed by atoms with Gasteiger partial charge in [-0.2, -0.15) is 0 Å². The molecular formula is C13H14Cl3NO7S. The average molecular weight is 435 g/mol. The van der Waals surface area contributed by atoms with E-state index in [1.165, 1.54) is 11.8 Å². The van der Waals surface area contributed by atoms with Gasteiger partial charge in [-0.15, -0.1) is 11.8 Å². The number of alkyl halides is 3. The van der Waals surface area contributed by atoms with Crippen LogP contribution in [0.3, 0.4) is 0 Å². The Hall–Kier alpha value is -1.03. The zero-order valence-electron chi connectivity index (χ0n) is 12.8. The van der Waals surface area contributed by atoms with Crippen LogP contribution in [-0.2, 0) is 23.8 Å². The summed E-state index contributed by atoms with van der Waals surface area (Å²) in [7, 11) is 0. The van der Waals surface area contributed by atoms with Gasteiger partial charge >= 0.3 is 12.1 Å². The molecule has 2 heterocycles. The predicted octanol–water partition coefficient (Wildman–Crippen LogP) is 2.51. The molecule has 2 rings (SSSR count). The maximum Gasteiger partial charge on any atom is 0.508 e. The van der Waals surface area contributed by atoms with Crippen LogP contribution in [0.2, 0.25) is 0 Å². The third-order valence-electron chi connectivity index (χ3n) is 3.27. The normalized spacial score (nSPS) is 23.1. The molecule has 1 unspecified atom stereocenters. The largest absolute Gasteiger partial charge is 0.508 e. The van der Waals surface area contributed by atoms with Gasteiger partial charge in [0.2, 0.25) is 9.70 Å². The van der Waals surface area contributed by atoms with Gasteiger partial charge in [0.05, 0.1) is 6.61 Å². The van der Waals surface area contributed by atoms with Crippen molar-refractivity contribution < 1.29 is 33.7 Å². The minimum absolute atomic E-state index is 0.0467. The summed E-state index contributed by atoms with van der Waals surface area (Å²) in [6.45, 7) is 1.48. The van der Waals surface area contributed by atoms with E-state index in [0.717, 1.165) is 11.2 Å². The molecule has 140 valence electrons. The molecule has 2 aliphatic heterocycles. The van der Waals surface area contributed by atoms with Gasteiger partial charge in [-0.3, -0.25) is 9.69 Å². The zero-order chi connectivity index (χ0) is 18.8. The van der Waals surface area contributed by atoms with Gasteiger partial charge in [0.15, 0.2) is 11.9 Å². The number of halogens is 3. The monoisotopic (exact) mass is 433 g/mol. The third kappa shape index (κ3) is 5.22. The number of rotatable bonds is 7.